The first-order valence-electron chi connectivity index (χ1n) is 6.85. The van der Waals surface area contributed by atoms with Crippen molar-refractivity contribution in [3.05, 3.63) is 0 Å². The zero-order valence-corrected chi connectivity index (χ0v) is 11.6. The van der Waals surface area contributed by atoms with Crippen LogP contribution in [-0.4, -0.2) is 37.0 Å². The molecule has 3 heteroatoms. The van der Waals surface area contributed by atoms with E-state index in [4.69, 9.17) is 4.74 Å². The van der Waals surface area contributed by atoms with Gasteiger partial charge in [-0.1, -0.05) is 27.7 Å². The van der Waals surface area contributed by atoms with Crippen LogP contribution in [0.25, 0.3) is 0 Å². The summed E-state index contributed by atoms with van der Waals surface area (Å²) in [4.78, 5) is 0. The molecular formula is C14H27NO2. The van der Waals surface area contributed by atoms with E-state index in [2.05, 4.69) is 33.0 Å². The van der Waals surface area contributed by atoms with Crippen LogP contribution in [-0.2, 0) is 4.74 Å². The van der Waals surface area contributed by atoms with Crippen LogP contribution in [0.1, 0.15) is 40.5 Å². The highest BCUT2D eigenvalue weighted by atomic mass is 16.5. The van der Waals surface area contributed by atoms with Crippen molar-refractivity contribution < 1.29 is 9.84 Å². The number of hydrogen-bond acceptors (Lipinski definition) is 3. The number of nitrogens with one attached hydrogen (secondary N) is 1. The van der Waals surface area contributed by atoms with E-state index in [1.807, 2.05) is 0 Å². The molecule has 0 aliphatic heterocycles. The molecule has 1 unspecified atom stereocenters. The average Bonchev–Trinajstić information content (AvgIpc) is 3.07. The third kappa shape index (κ3) is 2.83. The van der Waals surface area contributed by atoms with Crippen molar-refractivity contribution in [2.24, 2.45) is 16.7 Å². The summed E-state index contributed by atoms with van der Waals surface area (Å²) in [5, 5.41) is 13.3. The van der Waals surface area contributed by atoms with Gasteiger partial charge in [-0.2, -0.15) is 0 Å². The predicted octanol–water partition coefficient (Wildman–Crippen LogP) is 1.80. The van der Waals surface area contributed by atoms with Crippen molar-refractivity contribution in [2.75, 3.05) is 19.8 Å². The Labute approximate surface area is 105 Å². The highest BCUT2D eigenvalue weighted by Crippen LogP contribution is 2.62. The van der Waals surface area contributed by atoms with Gasteiger partial charge in [0.15, 0.2) is 0 Å². The van der Waals surface area contributed by atoms with E-state index < -0.39 is 0 Å². The smallest absolute Gasteiger partial charge is 0.0897 e. The van der Waals surface area contributed by atoms with Crippen LogP contribution in [0.4, 0.5) is 0 Å². The summed E-state index contributed by atoms with van der Waals surface area (Å²) < 4.78 is 5.49. The zero-order chi connectivity index (χ0) is 12.7. The van der Waals surface area contributed by atoms with Crippen molar-refractivity contribution in [1.29, 1.82) is 0 Å². The van der Waals surface area contributed by atoms with Gasteiger partial charge in [0, 0.05) is 19.2 Å². The molecule has 0 radical (unpaired) electrons. The third-order valence-corrected chi connectivity index (χ3v) is 4.94. The molecule has 0 amide bonds. The minimum absolute atomic E-state index is 0.335. The van der Waals surface area contributed by atoms with E-state index >= 15 is 0 Å². The van der Waals surface area contributed by atoms with Crippen molar-refractivity contribution in [3.63, 3.8) is 0 Å². The highest BCUT2D eigenvalue weighted by Gasteiger charge is 2.64. The monoisotopic (exact) mass is 241 g/mol. The second kappa shape index (κ2) is 4.52. The summed E-state index contributed by atoms with van der Waals surface area (Å²) in [6, 6.07) is 0.507. The van der Waals surface area contributed by atoms with Gasteiger partial charge < -0.3 is 15.2 Å². The van der Waals surface area contributed by atoms with Gasteiger partial charge in [0.1, 0.15) is 0 Å². The Kier molecular flexibility index (Phi) is 3.54. The van der Waals surface area contributed by atoms with Crippen LogP contribution in [0.15, 0.2) is 0 Å². The van der Waals surface area contributed by atoms with Crippen LogP contribution in [0.5, 0.6) is 0 Å². The van der Waals surface area contributed by atoms with Crippen LogP contribution in [0, 0.1) is 16.7 Å². The first-order chi connectivity index (χ1) is 7.85. The molecule has 100 valence electrons. The van der Waals surface area contributed by atoms with Gasteiger partial charge in [-0.15, -0.1) is 0 Å². The Hall–Kier alpha value is -0.120. The fourth-order valence-corrected chi connectivity index (χ4v) is 2.67. The van der Waals surface area contributed by atoms with E-state index in [1.165, 1.54) is 12.8 Å². The molecule has 2 saturated carbocycles. The molecule has 2 fully saturated rings. The van der Waals surface area contributed by atoms with Gasteiger partial charge in [-0.3, -0.25) is 0 Å². The van der Waals surface area contributed by atoms with Gasteiger partial charge in [0.25, 0.3) is 0 Å². The van der Waals surface area contributed by atoms with Gasteiger partial charge in [0.05, 0.1) is 12.7 Å². The van der Waals surface area contributed by atoms with Crippen LogP contribution in [0.3, 0.4) is 0 Å². The van der Waals surface area contributed by atoms with Gasteiger partial charge >= 0.3 is 0 Å². The van der Waals surface area contributed by atoms with E-state index in [9.17, 15) is 5.11 Å². The summed E-state index contributed by atoms with van der Waals surface area (Å²) in [7, 11) is 0. The average molecular weight is 241 g/mol. The van der Waals surface area contributed by atoms with E-state index in [1.54, 1.807) is 0 Å². The van der Waals surface area contributed by atoms with E-state index in [0.717, 1.165) is 12.5 Å². The molecule has 1 atom stereocenters. The highest BCUT2D eigenvalue weighted by molar-refractivity contribution is 5.17. The van der Waals surface area contributed by atoms with Crippen molar-refractivity contribution >= 4 is 0 Å². The minimum Gasteiger partial charge on any atom is -0.389 e. The number of hydrogen-bond donors (Lipinski definition) is 2. The fourth-order valence-electron chi connectivity index (χ4n) is 2.67. The lowest BCUT2D eigenvalue weighted by Crippen LogP contribution is -2.34. The molecule has 2 N–H and O–H groups in total. The summed E-state index contributed by atoms with van der Waals surface area (Å²) in [5.41, 5.74) is 0.670. The summed E-state index contributed by atoms with van der Waals surface area (Å²) in [6.07, 6.45) is 2.23. The molecule has 17 heavy (non-hydrogen) atoms. The predicted molar refractivity (Wildman–Crippen MR) is 68.9 cm³/mol. The molecule has 0 saturated heterocycles. The zero-order valence-electron chi connectivity index (χ0n) is 11.6. The largest absolute Gasteiger partial charge is 0.389 e. The lowest BCUT2D eigenvalue weighted by Gasteiger charge is -2.13. The molecule has 0 aromatic rings. The number of ether oxygens (including phenoxy) is 1. The lowest BCUT2D eigenvalue weighted by molar-refractivity contribution is 0.0319. The Morgan fingerprint density at radius 1 is 1.24 bits per heavy atom. The molecule has 0 spiro atoms. The van der Waals surface area contributed by atoms with E-state index in [-0.39, 0.29) is 6.10 Å². The van der Waals surface area contributed by atoms with Crippen LogP contribution >= 0.6 is 0 Å². The summed E-state index contributed by atoms with van der Waals surface area (Å²) >= 11 is 0. The fraction of sp³-hybridized carbons (Fsp3) is 1.00. The van der Waals surface area contributed by atoms with E-state index in [0.29, 0.717) is 30.0 Å². The molecule has 2 aliphatic carbocycles. The maximum Gasteiger partial charge on any atom is 0.0897 e. The lowest BCUT2D eigenvalue weighted by atomic mass is 10.0. The molecule has 2 aliphatic rings. The van der Waals surface area contributed by atoms with Gasteiger partial charge in [0.2, 0.25) is 0 Å². The first-order valence-corrected chi connectivity index (χ1v) is 6.85. The maximum atomic E-state index is 9.81. The SMILES string of the molecule is CC1(C)C(NCC(O)COCC2CC2)C1(C)C. The third-order valence-electron chi connectivity index (χ3n) is 4.94. The number of aliphatic hydroxyl groups excluding tert-OH is 1. The number of aliphatic hydroxyl groups is 1. The Morgan fingerprint density at radius 2 is 1.82 bits per heavy atom. The Bertz CT molecular complexity index is 257. The van der Waals surface area contributed by atoms with Gasteiger partial charge in [-0.25, -0.2) is 0 Å². The quantitative estimate of drug-likeness (QED) is 0.714. The van der Waals surface area contributed by atoms with Gasteiger partial charge in [-0.05, 0) is 29.6 Å². The molecular weight excluding hydrogens is 214 g/mol. The standard InChI is InChI=1S/C14H27NO2/c1-13(2)12(14(13,3)4)15-7-11(16)9-17-8-10-5-6-10/h10-12,15-16H,5-9H2,1-4H3. The Balaban J connectivity index is 1.58. The molecule has 3 nitrogen and oxygen atoms in total. The van der Waals surface area contributed by atoms with Crippen molar-refractivity contribution in [2.45, 2.75) is 52.7 Å². The topological polar surface area (TPSA) is 41.5 Å². The number of rotatable bonds is 7. The van der Waals surface area contributed by atoms with Crippen molar-refractivity contribution in [3.8, 4) is 0 Å². The summed E-state index contributed by atoms with van der Waals surface area (Å²) in [6.45, 7) is 11.1. The summed E-state index contributed by atoms with van der Waals surface area (Å²) in [5.74, 6) is 0.774. The van der Waals surface area contributed by atoms with Crippen LogP contribution < -0.4 is 5.32 Å². The molecule has 0 aromatic heterocycles. The second-order valence-corrected chi connectivity index (χ2v) is 6.92. The minimum atomic E-state index is -0.374. The second-order valence-electron chi connectivity index (χ2n) is 6.92. The molecule has 0 aromatic carbocycles. The normalized spacial score (nSPS) is 28.1. The maximum absolute atomic E-state index is 9.81. The van der Waals surface area contributed by atoms with Crippen molar-refractivity contribution in [1.82, 2.24) is 5.32 Å². The molecule has 0 heterocycles. The Morgan fingerprint density at radius 3 is 2.29 bits per heavy atom. The first kappa shape index (κ1) is 13.3. The van der Waals surface area contributed by atoms with Crippen LogP contribution in [0.2, 0.25) is 0 Å². The molecule has 0 bridgehead atoms. The molecule has 2 rings (SSSR count).